The molecule has 0 aliphatic rings. The van der Waals surface area contributed by atoms with E-state index in [1.54, 1.807) is 61.0 Å². The molecule has 0 aliphatic heterocycles. The highest BCUT2D eigenvalue weighted by molar-refractivity contribution is 8.00. The molecule has 1 N–H and O–H groups in total. The lowest BCUT2D eigenvalue weighted by Crippen LogP contribution is -2.23. The normalized spacial score (nSPS) is 12.0. The molecule has 1 atom stereocenters. The Hall–Kier alpha value is -2.38. The largest absolute Gasteiger partial charge is 0.324 e. The number of nitrogens with zero attached hydrogens (tertiary/aromatic N) is 3. The van der Waals surface area contributed by atoms with Crippen molar-refractivity contribution in [3.63, 3.8) is 0 Å². The van der Waals surface area contributed by atoms with Crippen molar-refractivity contribution < 1.29 is 9.18 Å². The number of anilines is 1. The summed E-state index contributed by atoms with van der Waals surface area (Å²) in [5.74, 6) is -0.174. The minimum Gasteiger partial charge on any atom is -0.324 e. The number of carbonyl (C=O) groups excluding carboxylic acids is 1. The van der Waals surface area contributed by atoms with E-state index in [1.165, 1.54) is 17.8 Å². The molecular weight excluding hydrogens is 375 g/mol. The topological polar surface area (TPSA) is 59.8 Å². The summed E-state index contributed by atoms with van der Waals surface area (Å²) in [5.41, 5.74) is 0.916. The van der Waals surface area contributed by atoms with E-state index in [2.05, 4.69) is 15.5 Å². The van der Waals surface area contributed by atoms with Crippen LogP contribution in [0.2, 0.25) is 5.02 Å². The van der Waals surface area contributed by atoms with Gasteiger partial charge in [0, 0.05) is 7.05 Å². The molecule has 0 bridgehead atoms. The number of carbonyl (C=O) groups is 1. The van der Waals surface area contributed by atoms with Gasteiger partial charge in [-0.3, -0.25) is 4.79 Å². The molecule has 1 aromatic heterocycles. The van der Waals surface area contributed by atoms with Crippen LogP contribution in [0, 0.1) is 5.82 Å². The van der Waals surface area contributed by atoms with Crippen LogP contribution in [0.4, 0.5) is 10.1 Å². The van der Waals surface area contributed by atoms with Crippen molar-refractivity contribution in [2.45, 2.75) is 17.3 Å². The second-order valence-electron chi connectivity index (χ2n) is 5.57. The molecule has 0 spiro atoms. The van der Waals surface area contributed by atoms with Gasteiger partial charge in [0.05, 0.1) is 21.5 Å². The average molecular weight is 391 g/mol. The van der Waals surface area contributed by atoms with Gasteiger partial charge in [0.1, 0.15) is 5.82 Å². The molecule has 134 valence electrons. The lowest BCUT2D eigenvalue weighted by molar-refractivity contribution is -0.115. The average Bonchev–Trinajstić information content (AvgIpc) is 2.98. The van der Waals surface area contributed by atoms with Gasteiger partial charge in [0.2, 0.25) is 5.91 Å². The Bertz CT molecular complexity index is 946. The maximum Gasteiger partial charge on any atom is 0.237 e. The summed E-state index contributed by atoms with van der Waals surface area (Å²) in [7, 11) is 1.74. The van der Waals surface area contributed by atoms with Gasteiger partial charge < -0.3 is 9.88 Å². The van der Waals surface area contributed by atoms with Crippen molar-refractivity contribution in [1.82, 2.24) is 14.8 Å². The van der Waals surface area contributed by atoms with E-state index in [4.69, 9.17) is 11.6 Å². The van der Waals surface area contributed by atoms with Crippen molar-refractivity contribution in [2.24, 2.45) is 7.05 Å². The fourth-order valence-corrected chi connectivity index (χ4v) is 3.30. The highest BCUT2D eigenvalue weighted by Crippen LogP contribution is 2.28. The van der Waals surface area contributed by atoms with E-state index in [9.17, 15) is 9.18 Å². The maximum absolute atomic E-state index is 14.0. The van der Waals surface area contributed by atoms with Crippen LogP contribution < -0.4 is 5.32 Å². The van der Waals surface area contributed by atoms with Gasteiger partial charge in [-0.15, -0.1) is 10.2 Å². The Morgan fingerprint density at radius 2 is 1.88 bits per heavy atom. The fraction of sp³-hybridized carbons (Fsp3) is 0.167. The summed E-state index contributed by atoms with van der Waals surface area (Å²) in [4.78, 5) is 12.4. The lowest BCUT2D eigenvalue weighted by atomic mass is 10.2. The van der Waals surface area contributed by atoms with Crippen LogP contribution in [0.25, 0.3) is 11.4 Å². The Morgan fingerprint density at radius 3 is 2.62 bits per heavy atom. The molecule has 3 aromatic rings. The fourth-order valence-electron chi connectivity index (χ4n) is 2.30. The molecule has 26 heavy (non-hydrogen) atoms. The number of hydrogen-bond donors (Lipinski definition) is 1. The molecule has 0 saturated heterocycles. The van der Waals surface area contributed by atoms with Gasteiger partial charge in [0.15, 0.2) is 11.0 Å². The van der Waals surface area contributed by atoms with Crippen molar-refractivity contribution in [2.75, 3.05) is 5.32 Å². The Kier molecular flexibility index (Phi) is 5.58. The summed E-state index contributed by atoms with van der Waals surface area (Å²) < 4.78 is 15.6. The van der Waals surface area contributed by atoms with Crippen LogP contribution in [0.1, 0.15) is 6.92 Å². The van der Waals surface area contributed by atoms with Crippen LogP contribution in [0.15, 0.2) is 53.7 Å². The minimum atomic E-state index is -0.442. The molecule has 0 aliphatic carbocycles. The first-order chi connectivity index (χ1) is 12.5. The molecule has 3 rings (SSSR count). The van der Waals surface area contributed by atoms with Crippen LogP contribution in [-0.4, -0.2) is 25.9 Å². The highest BCUT2D eigenvalue weighted by atomic mass is 35.5. The van der Waals surface area contributed by atoms with Gasteiger partial charge in [-0.1, -0.05) is 47.6 Å². The molecule has 0 fully saturated rings. The molecule has 1 heterocycles. The molecule has 2 aromatic carbocycles. The number of thioether (sulfide) groups is 1. The molecule has 1 unspecified atom stereocenters. The third-order valence-corrected chi connectivity index (χ3v) is 5.20. The summed E-state index contributed by atoms with van der Waals surface area (Å²) in [6, 6.07) is 13.4. The maximum atomic E-state index is 14.0. The SMILES string of the molecule is CC(Sc1nnc(-c2ccccc2F)n1C)C(=O)Nc1ccccc1Cl. The number of amides is 1. The third kappa shape index (κ3) is 3.89. The number of benzene rings is 2. The van der Waals surface area contributed by atoms with Gasteiger partial charge in [0.25, 0.3) is 0 Å². The van der Waals surface area contributed by atoms with Crippen LogP contribution in [0.5, 0.6) is 0 Å². The number of aromatic nitrogens is 3. The Balaban J connectivity index is 1.74. The molecule has 5 nitrogen and oxygen atoms in total. The zero-order valence-electron chi connectivity index (χ0n) is 14.1. The third-order valence-electron chi connectivity index (χ3n) is 3.73. The van der Waals surface area contributed by atoms with Crippen molar-refractivity contribution in [1.29, 1.82) is 0 Å². The number of hydrogen-bond acceptors (Lipinski definition) is 4. The highest BCUT2D eigenvalue weighted by Gasteiger charge is 2.21. The van der Waals surface area contributed by atoms with Crippen molar-refractivity contribution in [3.05, 3.63) is 59.4 Å². The van der Waals surface area contributed by atoms with Gasteiger partial charge in [-0.05, 0) is 31.2 Å². The Labute approximate surface area is 159 Å². The van der Waals surface area contributed by atoms with Crippen LogP contribution in [0.3, 0.4) is 0 Å². The first kappa shape index (κ1) is 18.4. The molecular formula is C18H16ClFN4OS. The quantitative estimate of drug-likeness (QED) is 0.656. The van der Waals surface area contributed by atoms with E-state index in [0.29, 0.717) is 27.3 Å². The van der Waals surface area contributed by atoms with E-state index in [0.717, 1.165) is 0 Å². The summed E-state index contributed by atoms with van der Waals surface area (Å²) in [6.45, 7) is 1.76. The second kappa shape index (κ2) is 7.88. The van der Waals surface area contributed by atoms with E-state index >= 15 is 0 Å². The number of halogens is 2. The number of rotatable bonds is 5. The van der Waals surface area contributed by atoms with E-state index in [1.807, 2.05) is 0 Å². The smallest absolute Gasteiger partial charge is 0.237 e. The monoisotopic (exact) mass is 390 g/mol. The lowest BCUT2D eigenvalue weighted by Gasteiger charge is -2.12. The minimum absolute atomic E-state index is 0.210. The summed E-state index contributed by atoms with van der Waals surface area (Å²) in [5, 5.41) is 11.5. The summed E-state index contributed by atoms with van der Waals surface area (Å²) in [6.07, 6.45) is 0. The van der Waals surface area contributed by atoms with Gasteiger partial charge in [-0.25, -0.2) is 4.39 Å². The zero-order valence-corrected chi connectivity index (χ0v) is 15.7. The number of nitrogens with one attached hydrogen (secondary N) is 1. The second-order valence-corrected chi connectivity index (χ2v) is 7.29. The van der Waals surface area contributed by atoms with Gasteiger partial charge >= 0.3 is 0 Å². The molecule has 8 heteroatoms. The first-order valence-electron chi connectivity index (χ1n) is 7.83. The van der Waals surface area contributed by atoms with Crippen molar-refractivity contribution >= 4 is 35.0 Å². The molecule has 0 radical (unpaired) electrons. The van der Waals surface area contributed by atoms with E-state index in [-0.39, 0.29) is 11.7 Å². The molecule has 1 amide bonds. The van der Waals surface area contributed by atoms with Crippen molar-refractivity contribution in [3.8, 4) is 11.4 Å². The standard InChI is InChI=1S/C18H16ClFN4OS/c1-11(17(25)21-15-10-6-4-8-13(15)19)26-18-23-22-16(24(18)2)12-7-3-5-9-14(12)20/h3-11H,1-2H3,(H,21,25). The zero-order chi connectivity index (χ0) is 18.7. The first-order valence-corrected chi connectivity index (χ1v) is 9.09. The van der Waals surface area contributed by atoms with Crippen LogP contribution in [-0.2, 0) is 11.8 Å². The Morgan fingerprint density at radius 1 is 1.19 bits per heavy atom. The number of para-hydroxylation sites is 1. The summed E-state index contributed by atoms with van der Waals surface area (Å²) >= 11 is 7.30. The van der Waals surface area contributed by atoms with E-state index < -0.39 is 5.25 Å². The predicted molar refractivity (Wildman–Crippen MR) is 102 cm³/mol. The molecule has 0 saturated carbocycles. The van der Waals surface area contributed by atoms with Crippen LogP contribution >= 0.6 is 23.4 Å². The van der Waals surface area contributed by atoms with Gasteiger partial charge in [-0.2, -0.15) is 0 Å². The predicted octanol–water partition coefficient (Wildman–Crippen LogP) is 4.39.